The van der Waals surface area contributed by atoms with Crippen molar-refractivity contribution < 1.29 is 0 Å². The molecule has 0 aromatic heterocycles. The maximum absolute atomic E-state index is 4.44. The summed E-state index contributed by atoms with van der Waals surface area (Å²) in [5.41, 5.74) is 8.44. The molecule has 0 amide bonds. The summed E-state index contributed by atoms with van der Waals surface area (Å²) in [6.45, 7) is 8.86. The third kappa shape index (κ3) is 3.92. The van der Waals surface area contributed by atoms with Gasteiger partial charge in [0.1, 0.15) is 0 Å². The van der Waals surface area contributed by atoms with E-state index in [1.54, 1.807) is 0 Å². The number of azo groups is 2. The van der Waals surface area contributed by atoms with E-state index in [9.17, 15) is 0 Å². The first-order valence-corrected chi connectivity index (χ1v) is 12.2. The maximum Gasteiger partial charge on any atom is 0.0879 e. The number of allylic oxidation sites excluding steroid dienone is 2. The Morgan fingerprint density at radius 1 is 0.583 bits per heavy atom. The number of likely N-dealkylation sites (N-methyl/N-ethyl adjacent to an activating group) is 2. The van der Waals surface area contributed by atoms with Crippen LogP contribution in [0.4, 0.5) is 22.7 Å². The summed E-state index contributed by atoms with van der Waals surface area (Å²) >= 11 is 0. The number of fused-ring (bicyclic) bond motifs is 2. The Hall–Kier alpha value is -4.06. The zero-order valence-corrected chi connectivity index (χ0v) is 21.8. The van der Waals surface area contributed by atoms with Crippen LogP contribution in [0.25, 0.3) is 0 Å². The van der Waals surface area contributed by atoms with E-state index in [0.717, 1.165) is 22.8 Å². The Morgan fingerprint density at radius 2 is 1.00 bits per heavy atom. The Labute approximate surface area is 213 Å². The second-order valence-electron chi connectivity index (χ2n) is 10.4. The van der Waals surface area contributed by atoms with E-state index >= 15 is 0 Å². The molecular weight excluding hydrogens is 444 g/mol. The first-order valence-electron chi connectivity index (χ1n) is 12.2. The van der Waals surface area contributed by atoms with E-state index in [1.807, 2.05) is 36.7 Å². The van der Waals surface area contributed by atoms with Crippen molar-refractivity contribution in [3.05, 3.63) is 108 Å². The fourth-order valence-electron chi connectivity index (χ4n) is 5.38. The summed E-state index contributed by atoms with van der Waals surface area (Å²) in [7, 11) is 4.15. The van der Waals surface area contributed by atoms with Crippen molar-refractivity contribution in [3.8, 4) is 0 Å². The van der Waals surface area contributed by atoms with Crippen molar-refractivity contribution in [1.82, 2.24) is 0 Å². The van der Waals surface area contributed by atoms with Crippen LogP contribution in [0.3, 0.4) is 0 Å². The largest absolute Gasteiger partial charge is 0.346 e. The standard InChI is InChI=1S/C30H32N6/c1-29(2)23-14-7-9-16-25(23)35(5)27(29)19-31-33-21-12-11-13-22(18-21)34-32-20-28-30(3,4)24-15-8-10-17-26(24)36(28)6/h7-20H,1-6H3/b27-19+,28-20+,33-31?,34-32?. The second kappa shape index (κ2) is 8.86. The molecule has 3 aromatic carbocycles. The van der Waals surface area contributed by atoms with Gasteiger partial charge in [-0.05, 0) is 41.5 Å². The lowest BCUT2D eigenvalue weighted by atomic mass is 9.84. The van der Waals surface area contributed by atoms with E-state index in [4.69, 9.17) is 0 Å². The Morgan fingerprint density at radius 3 is 1.42 bits per heavy atom. The minimum absolute atomic E-state index is 0.130. The SMILES string of the molecule is CN1/C(=C/N=Nc2cccc(N=N/C=C3/N(C)c4ccccc4C3(C)C)c2)C(C)(C)c2ccccc21. The van der Waals surface area contributed by atoms with E-state index in [0.29, 0.717) is 0 Å². The summed E-state index contributed by atoms with van der Waals surface area (Å²) in [5.74, 6) is 0. The van der Waals surface area contributed by atoms with Gasteiger partial charge in [-0.1, -0.05) is 70.2 Å². The van der Waals surface area contributed by atoms with Crippen LogP contribution in [-0.2, 0) is 10.8 Å². The van der Waals surface area contributed by atoms with Crippen LogP contribution in [0, 0.1) is 0 Å². The molecule has 182 valence electrons. The molecule has 6 nitrogen and oxygen atoms in total. The lowest BCUT2D eigenvalue weighted by Crippen LogP contribution is -2.22. The van der Waals surface area contributed by atoms with Crippen LogP contribution < -0.4 is 9.80 Å². The van der Waals surface area contributed by atoms with Gasteiger partial charge >= 0.3 is 0 Å². The molecule has 36 heavy (non-hydrogen) atoms. The molecular formula is C30H32N6. The van der Waals surface area contributed by atoms with Gasteiger partial charge in [0.15, 0.2) is 0 Å². The number of rotatable bonds is 4. The number of anilines is 2. The lowest BCUT2D eigenvalue weighted by molar-refractivity contribution is 0.637. The van der Waals surface area contributed by atoms with Crippen LogP contribution in [-0.4, -0.2) is 14.1 Å². The molecule has 0 N–H and O–H groups in total. The molecule has 0 spiro atoms. The van der Waals surface area contributed by atoms with Gasteiger partial charge in [-0.3, -0.25) is 0 Å². The third-order valence-electron chi connectivity index (χ3n) is 7.42. The molecule has 0 atom stereocenters. The molecule has 0 saturated carbocycles. The molecule has 2 heterocycles. The van der Waals surface area contributed by atoms with Crippen LogP contribution >= 0.6 is 0 Å². The van der Waals surface area contributed by atoms with Crippen molar-refractivity contribution >= 4 is 22.7 Å². The van der Waals surface area contributed by atoms with Gasteiger partial charge in [0.2, 0.25) is 0 Å². The number of para-hydroxylation sites is 2. The highest BCUT2D eigenvalue weighted by Crippen LogP contribution is 2.47. The summed E-state index contributed by atoms with van der Waals surface area (Å²) in [6.07, 6.45) is 3.71. The Balaban J connectivity index is 1.34. The number of benzene rings is 3. The molecule has 0 radical (unpaired) electrons. The molecule has 5 rings (SSSR count). The molecule has 2 aliphatic heterocycles. The Kier molecular flexibility index (Phi) is 5.83. The quantitative estimate of drug-likeness (QED) is 0.355. The van der Waals surface area contributed by atoms with E-state index < -0.39 is 0 Å². The first kappa shape index (κ1) is 23.7. The minimum atomic E-state index is -0.130. The highest BCUT2D eigenvalue weighted by Gasteiger charge is 2.39. The molecule has 0 fully saturated rings. The molecule has 2 aliphatic rings. The average molecular weight is 477 g/mol. The van der Waals surface area contributed by atoms with Gasteiger partial charge in [-0.15, -0.1) is 0 Å². The summed E-state index contributed by atoms with van der Waals surface area (Å²) in [6, 6.07) is 24.6. The van der Waals surface area contributed by atoms with Crippen molar-refractivity contribution in [2.75, 3.05) is 23.9 Å². The molecule has 6 heteroatoms. The molecule has 0 saturated heterocycles. The van der Waals surface area contributed by atoms with E-state index in [-0.39, 0.29) is 10.8 Å². The van der Waals surface area contributed by atoms with Crippen LogP contribution in [0.15, 0.2) is 117 Å². The monoisotopic (exact) mass is 476 g/mol. The van der Waals surface area contributed by atoms with Crippen LogP contribution in [0.2, 0.25) is 0 Å². The zero-order valence-electron chi connectivity index (χ0n) is 21.8. The lowest BCUT2D eigenvalue weighted by Gasteiger charge is -2.22. The fraction of sp³-hybridized carbons (Fsp3) is 0.267. The predicted molar refractivity (Wildman–Crippen MR) is 147 cm³/mol. The van der Waals surface area contributed by atoms with Crippen LogP contribution in [0.1, 0.15) is 38.8 Å². The zero-order chi connectivity index (χ0) is 25.5. The van der Waals surface area contributed by atoms with Crippen molar-refractivity contribution in [2.24, 2.45) is 20.5 Å². The number of hydrogen-bond acceptors (Lipinski definition) is 6. The first-order chi connectivity index (χ1) is 17.2. The van der Waals surface area contributed by atoms with Crippen molar-refractivity contribution in [2.45, 2.75) is 38.5 Å². The summed E-state index contributed by atoms with van der Waals surface area (Å²) in [5, 5.41) is 17.7. The third-order valence-corrected chi connectivity index (χ3v) is 7.42. The molecule has 3 aromatic rings. The van der Waals surface area contributed by atoms with Gasteiger partial charge in [0.05, 0.1) is 23.8 Å². The van der Waals surface area contributed by atoms with E-state index in [1.165, 1.54) is 22.5 Å². The molecule has 0 aliphatic carbocycles. The van der Waals surface area contributed by atoms with Gasteiger partial charge in [0, 0.05) is 47.7 Å². The number of hydrogen-bond donors (Lipinski definition) is 0. The Bertz CT molecular complexity index is 1320. The summed E-state index contributed by atoms with van der Waals surface area (Å²) in [4.78, 5) is 4.37. The van der Waals surface area contributed by atoms with Crippen molar-refractivity contribution in [1.29, 1.82) is 0 Å². The van der Waals surface area contributed by atoms with Gasteiger partial charge < -0.3 is 9.80 Å². The van der Waals surface area contributed by atoms with Gasteiger partial charge in [-0.2, -0.15) is 20.5 Å². The number of nitrogens with zero attached hydrogens (tertiary/aromatic N) is 6. The smallest absolute Gasteiger partial charge is 0.0879 e. The van der Waals surface area contributed by atoms with Gasteiger partial charge in [0.25, 0.3) is 0 Å². The topological polar surface area (TPSA) is 55.9 Å². The van der Waals surface area contributed by atoms with Gasteiger partial charge in [-0.25, -0.2) is 0 Å². The highest BCUT2D eigenvalue weighted by atomic mass is 15.2. The predicted octanol–water partition coefficient (Wildman–Crippen LogP) is 8.39. The van der Waals surface area contributed by atoms with Crippen LogP contribution in [0.5, 0.6) is 0 Å². The minimum Gasteiger partial charge on any atom is -0.346 e. The maximum atomic E-state index is 4.44. The highest BCUT2D eigenvalue weighted by molar-refractivity contribution is 5.70. The second-order valence-corrected chi connectivity index (χ2v) is 10.4. The summed E-state index contributed by atoms with van der Waals surface area (Å²) < 4.78 is 0. The van der Waals surface area contributed by atoms with E-state index in [2.05, 4.69) is 121 Å². The van der Waals surface area contributed by atoms with Crippen molar-refractivity contribution in [3.63, 3.8) is 0 Å². The normalized spacial score (nSPS) is 20.2. The average Bonchev–Trinajstić information content (AvgIpc) is 3.19. The molecule has 0 unspecified atom stereocenters. The fourth-order valence-corrected chi connectivity index (χ4v) is 5.38. The molecule has 0 bridgehead atoms.